The number of benzene rings is 8. The summed E-state index contributed by atoms with van der Waals surface area (Å²) < 4.78 is 4.91. The van der Waals surface area contributed by atoms with E-state index in [0.29, 0.717) is 17.5 Å². The van der Waals surface area contributed by atoms with Crippen LogP contribution in [-0.4, -0.2) is 19.5 Å². The van der Waals surface area contributed by atoms with Crippen LogP contribution in [0.25, 0.3) is 104 Å². The third-order valence-corrected chi connectivity index (χ3v) is 11.8. The minimum absolute atomic E-state index is 0.635. The lowest BCUT2D eigenvalue weighted by molar-refractivity contribution is 1.07. The molecular formula is C51H32N4S. The van der Waals surface area contributed by atoms with Crippen LogP contribution in [0, 0.1) is 0 Å². The first-order chi connectivity index (χ1) is 27.7. The molecule has 0 saturated carbocycles. The minimum Gasteiger partial charge on any atom is -0.309 e. The number of fused-ring (bicyclic) bond motifs is 6. The molecule has 11 rings (SSSR count). The Bertz CT molecular complexity index is 3170. The van der Waals surface area contributed by atoms with E-state index < -0.39 is 0 Å². The second kappa shape index (κ2) is 13.3. The van der Waals surface area contributed by atoms with E-state index in [2.05, 4.69) is 162 Å². The Balaban J connectivity index is 1.14. The van der Waals surface area contributed by atoms with Crippen molar-refractivity contribution >= 4 is 53.3 Å². The number of nitrogens with zero attached hydrogens (tertiary/aromatic N) is 4. The molecule has 5 heteroatoms. The Morgan fingerprint density at radius 1 is 0.321 bits per heavy atom. The van der Waals surface area contributed by atoms with Crippen molar-refractivity contribution in [2.24, 2.45) is 0 Å². The SMILES string of the molecule is c1ccc(-c2ccc(-c3ccc4sc5cc6c(cc5c4c3)c3ccccc3n6-c3ccccc3)c(-c3nc(-c4ccccc4)nc(-c4ccccc4)n3)c2)cc1. The zero-order valence-electron chi connectivity index (χ0n) is 30.2. The van der Waals surface area contributed by atoms with Crippen LogP contribution in [0.3, 0.4) is 0 Å². The highest BCUT2D eigenvalue weighted by Gasteiger charge is 2.19. The van der Waals surface area contributed by atoms with Gasteiger partial charge < -0.3 is 4.57 Å². The smallest absolute Gasteiger partial charge is 0.164 e. The maximum atomic E-state index is 5.19. The fraction of sp³-hybridized carbons (Fsp3) is 0. The quantitative estimate of drug-likeness (QED) is 0.171. The van der Waals surface area contributed by atoms with Crippen molar-refractivity contribution in [1.29, 1.82) is 0 Å². The topological polar surface area (TPSA) is 43.6 Å². The van der Waals surface area contributed by atoms with Crippen LogP contribution >= 0.6 is 11.3 Å². The van der Waals surface area contributed by atoms with Crippen molar-refractivity contribution in [2.45, 2.75) is 0 Å². The van der Waals surface area contributed by atoms with Gasteiger partial charge in [0.15, 0.2) is 17.5 Å². The summed E-state index contributed by atoms with van der Waals surface area (Å²) in [4.78, 5) is 15.4. The largest absolute Gasteiger partial charge is 0.309 e. The van der Waals surface area contributed by atoms with Crippen LogP contribution in [-0.2, 0) is 0 Å². The van der Waals surface area contributed by atoms with Gasteiger partial charge in [-0.05, 0) is 70.8 Å². The molecule has 56 heavy (non-hydrogen) atoms. The number of aromatic nitrogens is 4. The molecule has 3 aromatic heterocycles. The first kappa shape index (κ1) is 32.2. The van der Waals surface area contributed by atoms with Crippen molar-refractivity contribution in [3.8, 4) is 62.1 Å². The Morgan fingerprint density at radius 2 is 0.893 bits per heavy atom. The molecule has 0 spiro atoms. The van der Waals surface area contributed by atoms with Gasteiger partial charge >= 0.3 is 0 Å². The molecule has 0 amide bonds. The highest BCUT2D eigenvalue weighted by atomic mass is 32.1. The van der Waals surface area contributed by atoms with Gasteiger partial charge in [-0.1, -0.05) is 146 Å². The van der Waals surface area contributed by atoms with E-state index in [-0.39, 0.29) is 0 Å². The molecule has 0 radical (unpaired) electrons. The van der Waals surface area contributed by atoms with Crippen LogP contribution in [0.2, 0.25) is 0 Å². The van der Waals surface area contributed by atoms with E-state index in [0.717, 1.165) is 44.6 Å². The predicted molar refractivity (Wildman–Crippen MR) is 234 cm³/mol. The molecule has 0 saturated heterocycles. The average molecular weight is 733 g/mol. The molecule has 8 aromatic carbocycles. The zero-order valence-corrected chi connectivity index (χ0v) is 31.0. The van der Waals surface area contributed by atoms with E-state index in [1.807, 2.05) is 47.7 Å². The summed E-state index contributed by atoms with van der Waals surface area (Å²) in [5.74, 6) is 1.92. The van der Waals surface area contributed by atoms with E-state index in [1.54, 1.807) is 0 Å². The lowest BCUT2D eigenvalue weighted by atomic mass is 9.93. The van der Waals surface area contributed by atoms with Crippen molar-refractivity contribution in [2.75, 3.05) is 0 Å². The van der Waals surface area contributed by atoms with Crippen molar-refractivity contribution in [3.05, 3.63) is 194 Å². The lowest BCUT2D eigenvalue weighted by Crippen LogP contribution is -2.01. The van der Waals surface area contributed by atoms with Gasteiger partial charge in [0, 0.05) is 53.3 Å². The van der Waals surface area contributed by atoms with E-state index in [1.165, 1.54) is 42.0 Å². The third-order valence-electron chi connectivity index (χ3n) is 10.7. The number of rotatable bonds is 6. The van der Waals surface area contributed by atoms with Crippen LogP contribution < -0.4 is 0 Å². The maximum Gasteiger partial charge on any atom is 0.164 e. The van der Waals surface area contributed by atoms with Gasteiger partial charge in [-0.25, -0.2) is 15.0 Å². The summed E-state index contributed by atoms with van der Waals surface area (Å²) >= 11 is 1.85. The highest BCUT2D eigenvalue weighted by Crippen LogP contribution is 2.43. The molecule has 11 aromatic rings. The minimum atomic E-state index is 0.635. The molecule has 3 heterocycles. The van der Waals surface area contributed by atoms with Crippen LogP contribution in [0.15, 0.2) is 194 Å². The van der Waals surface area contributed by atoms with Gasteiger partial charge in [0.25, 0.3) is 0 Å². The van der Waals surface area contributed by atoms with Gasteiger partial charge in [-0.15, -0.1) is 11.3 Å². The molecule has 0 aliphatic heterocycles. The Hall–Kier alpha value is -7.21. The molecule has 0 fully saturated rings. The third kappa shape index (κ3) is 5.48. The van der Waals surface area contributed by atoms with Gasteiger partial charge in [-0.3, -0.25) is 0 Å². The zero-order chi connectivity index (χ0) is 37.0. The molecule has 0 atom stereocenters. The van der Waals surface area contributed by atoms with Crippen molar-refractivity contribution in [3.63, 3.8) is 0 Å². The first-order valence-corrected chi connectivity index (χ1v) is 19.6. The first-order valence-electron chi connectivity index (χ1n) is 18.8. The summed E-state index contributed by atoms with van der Waals surface area (Å²) in [6, 6.07) is 68.6. The summed E-state index contributed by atoms with van der Waals surface area (Å²) in [5, 5.41) is 5.00. The molecule has 262 valence electrons. The van der Waals surface area contributed by atoms with Gasteiger partial charge in [-0.2, -0.15) is 0 Å². The van der Waals surface area contributed by atoms with Gasteiger partial charge in [0.2, 0.25) is 0 Å². The summed E-state index contributed by atoms with van der Waals surface area (Å²) in [7, 11) is 0. The van der Waals surface area contributed by atoms with E-state index in [4.69, 9.17) is 15.0 Å². The molecule has 0 unspecified atom stereocenters. The summed E-state index contributed by atoms with van der Waals surface area (Å²) in [6.45, 7) is 0. The van der Waals surface area contributed by atoms with Crippen LogP contribution in [0.1, 0.15) is 0 Å². The Kier molecular flexibility index (Phi) is 7.64. The normalized spacial score (nSPS) is 11.6. The monoisotopic (exact) mass is 732 g/mol. The predicted octanol–water partition coefficient (Wildman–Crippen LogP) is 13.7. The number of thiophene rings is 1. The fourth-order valence-corrected chi connectivity index (χ4v) is 9.08. The second-order valence-electron chi connectivity index (χ2n) is 14.0. The maximum absolute atomic E-state index is 5.19. The van der Waals surface area contributed by atoms with Crippen molar-refractivity contribution in [1.82, 2.24) is 19.5 Å². The number of hydrogen-bond donors (Lipinski definition) is 0. The van der Waals surface area contributed by atoms with Crippen LogP contribution in [0.5, 0.6) is 0 Å². The molecule has 0 aliphatic carbocycles. The van der Waals surface area contributed by atoms with Crippen molar-refractivity contribution < 1.29 is 0 Å². The molecular weight excluding hydrogens is 701 g/mol. The number of hydrogen-bond acceptors (Lipinski definition) is 4. The molecule has 0 bridgehead atoms. The molecule has 0 N–H and O–H groups in total. The Labute approximate surface area is 327 Å². The van der Waals surface area contributed by atoms with E-state index in [9.17, 15) is 0 Å². The standard InChI is InChI=1S/C51H32N4S/c1-5-15-33(16-6-1)36-25-27-39(44(29-36)51-53-49(34-17-7-2-8-18-34)52-50(54-51)35-19-9-3-10-20-35)37-26-28-47-42(30-37)43-31-41-40-23-13-14-24-45(40)55(38-21-11-4-12-22-38)46(41)32-48(43)56-47/h1-32H. The highest BCUT2D eigenvalue weighted by molar-refractivity contribution is 7.25. The lowest BCUT2D eigenvalue weighted by Gasteiger charge is -2.14. The van der Waals surface area contributed by atoms with Crippen LogP contribution in [0.4, 0.5) is 0 Å². The molecule has 4 nitrogen and oxygen atoms in total. The fourth-order valence-electron chi connectivity index (χ4n) is 7.98. The van der Waals surface area contributed by atoms with E-state index >= 15 is 0 Å². The average Bonchev–Trinajstić information content (AvgIpc) is 3.80. The van der Waals surface area contributed by atoms with Gasteiger partial charge in [0.05, 0.1) is 11.0 Å². The summed E-state index contributed by atoms with van der Waals surface area (Å²) in [5.41, 5.74) is 10.9. The van der Waals surface area contributed by atoms with Gasteiger partial charge in [0.1, 0.15) is 0 Å². The number of para-hydroxylation sites is 2. The summed E-state index contributed by atoms with van der Waals surface area (Å²) in [6.07, 6.45) is 0. The molecule has 0 aliphatic rings. The second-order valence-corrected chi connectivity index (χ2v) is 15.1. The Morgan fingerprint density at radius 3 is 1.59 bits per heavy atom.